The molecule has 2 aromatic carbocycles. The number of esters is 1. The minimum Gasteiger partial charge on any atom is -0.464 e. The standard InChI is InChI=1S/C19H15NO4/c1-12(21)13-8-10-14(11-9-13)17-16(19(22)23-2)20-18(24-17)15-6-4-3-5-7-15/h3-11H,1-2H3. The molecule has 3 aromatic rings. The van der Waals surface area contributed by atoms with Gasteiger partial charge in [0.2, 0.25) is 5.89 Å². The van der Waals surface area contributed by atoms with E-state index in [9.17, 15) is 9.59 Å². The van der Waals surface area contributed by atoms with Gasteiger partial charge in [0.05, 0.1) is 7.11 Å². The van der Waals surface area contributed by atoms with Crippen molar-refractivity contribution in [3.63, 3.8) is 0 Å². The number of carbonyl (C=O) groups excluding carboxylic acids is 2. The highest BCUT2D eigenvalue weighted by Crippen LogP contribution is 2.30. The lowest BCUT2D eigenvalue weighted by atomic mass is 10.1. The molecule has 0 saturated carbocycles. The maximum Gasteiger partial charge on any atom is 0.360 e. The number of nitrogens with zero attached hydrogens (tertiary/aromatic N) is 1. The maximum atomic E-state index is 12.0. The number of Topliss-reactive ketones (excluding diaryl/α,β-unsaturated/α-hetero) is 1. The molecule has 0 saturated heterocycles. The second kappa shape index (κ2) is 6.50. The minimum atomic E-state index is -0.577. The van der Waals surface area contributed by atoms with Gasteiger partial charge >= 0.3 is 5.97 Å². The van der Waals surface area contributed by atoms with Crippen molar-refractivity contribution in [2.24, 2.45) is 0 Å². The molecule has 0 fully saturated rings. The zero-order chi connectivity index (χ0) is 17.1. The lowest BCUT2D eigenvalue weighted by Crippen LogP contribution is -2.03. The number of oxazole rings is 1. The number of rotatable bonds is 4. The largest absolute Gasteiger partial charge is 0.464 e. The zero-order valence-corrected chi connectivity index (χ0v) is 13.3. The fourth-order valence-corrected chi connectivity index (χ4v) is 2.31. The minimum absolute atomic E-state index is 0.0303. The highest BCUT2D eigenvalue weighted by atomic mass is 16.5. The van der Waals surface area contributed by atoms with Gasteiger partial charge in [-0.15, -0.1) is 0 Å². The van der Waals surface area contributed by atoms with E-state index in [4.69, 9.17) is 9.15 Å². The van der Waals surface area contributed by atoms with E-state index in [0.29, 0.717) is 22.8 Å². The fourth-order valence-electron chi connectivity index (χ4n) is 2.31. The van der Waals surface area contributed by atoms with Crippen LogP contribution in [0.25, 0.3) is 22.8 Å². The van der Waals surface area contributed by atoms with Crippen molar-refractivity contribution in [3.05, 3.63) is 65.9 Å². The smallest absolute Gasteiger partial charge is 0.360 e. The molecule has 0 N–H and O–H groups in total. The van der Waals surface area contributed by atoms with Gasteiger partial charge in [0.1, 0.15) is 0 Å². The molecule has 0 atom stereocenters. The summed E-state index contributed by atoms with van der Waals surface area (Å²) >= 11 is 0. The SMILES string of the molecule is COC(=O)c1nc(-c2ccccc2)oc1-c1ccc(C(C)=O)cc1. The van der Waals surface area contributed by atoms with E-state index >= 15 is 0 Å². The number of ether oxygens (including phenoxy) is 1. The van der Waals surface area contributed by atoms with Gasteiger partial charge in [-0.2, -0.15) is 0 Å². The summed E-state index contributed by atoms with van der Waals surface area (Å²) < 4.78 is 10.6. The van der Waals surface area contributed by atoms with Crippen molar-refractivity contribution in [1.29, 1.82) is 0 Å². The van der Waals surface area contributed by atoms with Crippen molar-refractivity contribution in [2.45, 2.75) is 6.92 Å². The van der Waals surface area contributed by atoms with Crippen molar-refractivity contribution in [3.8, 4) is 22.8 Å². The summed E-state index contributed by atoms with van der Waals surface area (Å²) in [6.07, 6.45) is 0. The summed E-state index contributed by atoms with van der Waals surface area (Å²) in [7, 11) is 1.29. The van der Waals surface area contributed by atoms with Crippen LogP contribution < -0.4 is 0 Å². The topological polar surface area (TPSA) is 69.4 Å². The molecule has 120 valence electrons. The van der Waals surface area contributed by atoms with E-state index in [1.165, 1.54) is 14.0 Å². The average molecular weight is 321 g/mol. The first-order valence-corrected chi connectivity index (χ1v) is 7.36. The molecule has 5 nitrogen and oxygen atoms in total. The van der Waals surface area contributed by atoms with Gasteiger partial charge in [-0.1, -0.05) is 42.5 Å². The van der Waals surface area contributed by atoms with Gasteiger partial charge in [0.25, 0.3) is 0 Å². The predicted octanol–water partition coefficient (Wildman–Crippen LogP) is 4.00. The van der Waals surface area contributed by atoms with Gasteiger partial charge in [0.15, 0.2) is 17.2 Å². The molecule has 0 radical (unpaired) electrons. The number of benzene rings is 2. The highest BCUT2D eigenvalue weighted by molar-refractivity contribution is 5.96. The van der Waals surface area contributed by atoms with Crippen LogP contribution in [-0.2, 0) is 4.74 Å². The van der Waals surface area contributed by atoms with Gasteiger partial charge < -0.3 is 9.15 Å². The third kappa shape index (κ3) is 2.96. The van der Waals surface area contributed by atoms with Crippen LogP contribution in [0.15, 0.2) is 59.0 Å². The average Bonchev–Trinajstić information content (AvgIpc) is 3.07. The number of hydrogen-bond acceptors (Lipinski definition) is 5. The molecule has 3 rings (SSSR count). The number of carbonyl (C=O) groups is 2. The van der Waals surface area contributed by atoms with E-state index in [0.717, 1.165) is 5.56 Å². The lowest BCUT2D eigenvalue weighted by Gasteiger charge is -2.01. The Morgan fingerprint density at radius 3 is 2.21 bits per heavy atom. The van der Waals surface area contributed by atoms with Gasteiger partial charge in [-0.25, -0.2) is 9.78 Å². The summed E-state index contributed by atoms with van der Waals surface area (Å²) in [6, 6.07) is 16.1. The molecule has 0 bridgehead atoms. The fraction of sp³-hybridized carbons (Fsp3) is 0.105. The van der Waals surface area contributed by atoms with Crippen LogP contribution in [0, 0.1) is 0 Å². The van der Waals surface area contributed by atoms with Crippen molar-refractivity contribution < 1.29 is 18.7 Å². The third-order valence-corrected chi connectivity index (χ3v) is 3.58. The van der Waals surface area contributed by atoms with Crippen LogP contribution >= 0.6 is 0 Å². The second-order valence-corrected chi connectivity index (χ2v) is 5.19. The van der Waals surface area contributed by atoms with Crippen molar-refractivity contribution >= 4 is 11.8 Å². The first-order valence-electron chi connectivity index (χ1n) is 7.36. The highest BCUT2D eigenvalue weighted by Gasteiger charge is 2.22. The lowest BCUT2D eigenvalue weighted by molar-refractivity contribution is 0.0595. The Kier molecular flexibility index (Phi) is 4.24. The van der Waals surface area contributed by atoms with Crippen molar-refractivity contribution in [1.82, 2.24) is 4.98 Å². The summed E-state index contributed by atoms with van der Waals surface area (Å²) in [5, 5.41) is 0. The van der Waals surface area contributed by atoms with Crippen LogP contribution in [-0.4, -0.2) is 23.8 Å². The van der Waals surface area contributed by atoms with Crippen LogP contribution in [0.3, 0.4) is 0 Å². The van der Waals surface area contributed by atoms with E-state index in [1.54, 1.807) is 24.3 Å². The molecule has 0 aliphatic heterocycles. The predicted molar refractivity (Wildman–Crippen MR) is 88.7 cm³/mol. The molecule has 24 heavy (non-hydrogen) atoms. The molecule has 5 heteroatoms. The quantitative estimate of drug-likeness (QED) is 0.536. The summed E-state index contributed by atoms with van der Waals surface area (Å²) in [5.74, 6) is 0.0429. The first-order chi connectivity index (χ1) is 11.6. The molecule has 0 aliphatic carbocycles. The Morgan fingerprint density at radius 2 is 1.62 bits per heavy atom. The number of aromatic nitrogens is 1. The molecule has 0 aliphatic rings. The molecule has 1 aromatic heterocycles. The Hall–Kier alpha value is -3.21. The molecule has 1 heterocycles. The number of ketones is 1. The van der Waals surface area contributed by atoms with Crippen LogP contribution in [0.2, 0.25) is 0 Å². The summed E-state index contributed by atoms with van der Waals surface area (Å²) in [4.78, 5) is 27.7. The van der Waals surface area contributed by atoms with Crippen LogP contribution in [0.4, 0.5) is 0 Å². The summed E-state index contributed by atoms with van der Waals surface area (Å²) in [6.45, 7) is 1.50. The third-order valence-electron chi connectivity index (χ3n) is 3.58. The number of methoxy groups -OCH3 is 1. The second-order valence-electron chi connectivity index (χ2n) is 5.19. The zero-order valence-electron chi connectivity index (χ0n) is 13.3. The monoisotopic (exact) mass is 321 g/mol. The Labute approximate surface area is 138 Å². The number of hydrogen-bond donors (Lipinski definition) is 0. The normalized spacial score (nSPS) is 10.4. The Morgan fingerprint density at radius 1 is 0.958 bits per heavy atom. The van der Waals surface area contributed by atoms with Gasteiger partial charge in [-0.05, 0) is 19.1 Å². The van der Waals surface area contributed by atoms with Crippen LogP contribution in [0.1, 0.15) is 27.8 Å². The Bertz CT molecular complexity index is 879. The molecule has 0 spiro atoms. The van der Waals surface area contributed by atoms with Gasteiger partial charge in [-0.3, -0.25) is 4.79 Å². The van der Waals surface area contributed by atoms with Crippen LogP contribution in [0.5, 0.6) is 0 Å². The first kappa shape index (κ1) is 15.7. The van der Waals surface area contributed by atoms with E-state index in [2.05, 4.69) is 4.98 Å². The van der Waals surface area contributed by atoms with Crippen molar-refractivity contribution in [2.75, 3.05) is 7.11 Å². The molecular formula is C19H15NO4. The van der Waals surface area contributed by atoms with Gasteiger partial charge in [0, 0.05) is 16.7 Å². The van der Waals surface area contributed by atoms with E-state index < -0.39 is 5.97 Å². The molecular weight excluding hydrogens is 306 g/mol. The van der Waals surface area contributed by atoms with E-state index in [1.807, 2.05) is 30.3 Å². The van der Waals surface area contributed by atoms with E-state index in [-0.39, 0.29) is 11.5 Å². The molecule has 0 unspecified atom stereocenters. The molecule has 0 amide bonds. The maximum absolute atomic E-state index is 12.0. The summed E-state index contributed by atoms with van der Waals surface area (Å²) in [5.41, 5.74) is 2.09. The Balaban J connectivity index is 2.10.